The third-order valence-electron chi connectivity index (χ3n) is 3.07. The first kappa shape index (κ1) is 20.9. The van der Waals surface area contributed by atoms with Gasteiger partial charge in [0.05, 0.1) is 26.0 Å². The van der Waals surface area contributed by atoms with Gasteiger partial charge < -0.3 is 10.1 Å². The van der Waals surface area contributed by atoms with E-state index in [2.05, 4.69) is 61.0 Å². The van der Waals surface area contributed by atoms with Crippen LogP contribution in [0.1, 0.15) is 19.4 Å². The molecule has 0 aliphatic rings. The Hall–Kier alpha value is -1.43. The monoisotopic (exact) mass is 581 g/mol. The fraction of sp³-hybridized carbons (Fsp3) is 0.222. The lowest BCUT2D eigenvalue weighted by Crippen LogP contribution is -2.25. The van der Waals surface area contributed by atoms with Crippen molar-refractivity contribution in [3.05, 3.63) is 54.9 Å². The second-order valence-corrected chi connectivity index (χ2v) is 7.96. The van der Waals surface area contributed by atoms with Gasteiger partial charge in [0.1, 0.15) is 11.6 Å². The van der Waals surface area contributed by atoms with Gasteiger partial charge in [0.15, 0.2) is 0 Å². The van der Waals surface area contributed by atoms with Crippen LogP contribution in [0.15, 0.2) is 41.5 Å². The van der Waals surface area contributed by atoms with Crippen LogP contribution in [0.3, 0.4) is 0 Å². The lowest BCUT2D eigenvalue weighted by atomic mass is 10.2. The molecule has 0 spiro atoms. The standard InChI is InChI=1S/C18H18FI2N3O2/c1-11(2)26-18-15(20)7-12(8-16(18)21)9-23-24-17(25)10-22-14-5-3-13(19)4-6-14/h3-9,11,22H,10H2,1-2H3,(H,24,25)/b23-9-. The summed E-state index contributed by atoms with van der Waals surface area (Å²) in [6, 6.07) is 9.66. The Morgan fingerprint density at radius 3 is 2.42 bits per heavy atom. The molecule has 2 rings (SSSR count). The molecule has 138 valence electrons. The summed E-state index contributed by atoms with van der Waals surface area (Å²) in [6.07, 6.45) is 1.68. The van der Waals surface area contributed by atoms with Crippen molar-refractivity contribution in [3.8, 4) is 5.75 Å². The van der Waals surface area contributed by atoms with E-state index in [0.717, 1.165) is 18.5 Å². The largest absolute Gasteiger partial charge is 0.489 e. The van der Waals surface area contributed by atoms with E-state index in [1.54, 1.807) is 18.3 Å². The molecule has 0 aliphatic heterocycles. The number of hydrogen-bond acceptors (Lipinski definition) is 4. The highest BCUT2D eigenvalue weighted by Crippen LogP contribution is 2.29. The van der Waals surface area contributed by atoms with Gasteiger partial charge in [-0.05, 0) is 101 Å². The molecule has 0 saturated heterocycles. The van der Waals surface area contributed by atoms with Crippen molar-refractivity contribution in [1.82, 2.24) is 5.43 Å². The maximum atomic E-state index is 12.8. The quantitative estimate of drug-likeness (QED) is 0.290. The molecule has 0 fully saturated rings. The zero-order valence-electron chi connectivity index (χ0n) is 14.2. The molecule has 0 saturated carbocycles. The molecule has 1 amide bonds. The minimum Gasteiger partial charge on any atom is -0.489 e. The summed E-state index contributed by atoms with van der Waals surface area (Å²) in [6.45, 7) is 4.01. The summed E-state index contributed by atoms with van der Waals surface area (Å²) in [5, 5.41) is 6.86. The number of carbonyl (C=O) groups excluding carboxylic acids is 1. The van der Waals surface area contributed by atoms with Crippen molar-refractivity contribution in [2.75, 3.05) is 11.9 Å². The van der Waals surface area contributed by atoms with Crippen molar-refractivity contribution >= 4 is 63.0 Å². The Balaban J connectivity index is 1.89. The fourth-order valence-electron chi connectivity index (χ4n) is 1.97. The maximum absolute atomic E-state index is 12.8. The van der Waals surface area contributed by atoms with Gasteiger partial charge in [0.2, 0.25) is 0 Å². The van der Waals surface area contributed by atoms with Gasteiger partial charge in [-0.3, -0.25) is 4.79 Å². The van der Waals surface area contributed by atoms with E-state index in [-0.39, 0.29) is 24.4 Å². The first-order valence-electron chi connectivity index (χ1n) is 7.82. The van der Waals surface area contributed by atoms with E-state index in [4.69, 9.17) is 4.74 Å². The highest BCUT2D eigenvalue weighted by molar-refractivity contribution is 14.1. The Kier molecular flexibility index (Phi) is 8.07. The molecule has 2 N–H and O–H groups in total. The second-order valence-electron chi connectivity index (χ2n) is 5.63. The first-order chi connectivity index (χ1) is 12.3. The molecule has 0 aliphatic carbocycles. The van der Waals surface area contributed by atoms with Crippen LogP contribution in [-0.4, -0.2) is 24.8 Å². The number of hydrazone groups is 1. The molecule has 2 aromatic carbocycles. The van der Waals surface area contributed by atoms with Crippen LogP contribution in [0.2, 0.25) is 0 Å². The van der Waals surface area contributed by atoms with Crippen LogP contribution in [0.25, 0.3) is 0 Å². The number of nitrogens with one attached hydrogen (secondary N) is 2. The van der Waals surface area contributed by atoms with Gasteiger partial charge >= 0.3 is 0 Å². The van der Waals surface area contributed by atoms with E-state index in [0.29, 0.717) is 5.69 Å². The number of carbonyl (C=O) groups is 1. The van der Waals surface area contributed by atoms with E-state index in [1.807, 2.05) is 26.0 Å². The molecular formula is C18H18FI2N3O2. The fourth-order valence-corrected chi connectivity index (χ4v) is 4.04. The van der Waals surface area contributed by atoms with Crippen molar-refractivity contribution in [3.63, 3.8) is 0 Å². The predicted molar refractivity (Wildman–Crippen MR) is 118 cm³/mol. The third kappa shape index (κ3) is 6.71. The number of rotatable bonds is 7. The average Bonchev–Trinajstić information content (AvgIpc) is 2.57. The minimum absolute atomic E-state index is 0.0409. The molecule has 8 heteroatoms. The lowest BCUT2D eigenvalue weighted by molar-refractivity contribution is -0.119. The summed E-state index contributed by atoms with van der Waals surface area (Å²) < 4.78 is 20.6. The Morgan fingerprint density at radius 1 is 1.23 bits per heavy atom. The molecule has 0 bridgehead atoms. The number of benzene rings is 2. The number of ether oxygens (including phenoxy) is 1. The zero-order valence-corrected chi connectivity index (χ0v) is 18.5. The topological polar surface area (TPSA) is 62.7 Å². The van der Waals surface area contributed by atoms with E-state index >= 15 is 0 Å². The van der Waals surface area contributed by atoms with Crippen molar-refractivity contribution in [2.45, 2.75) is 20.0 Å². The summed E-state index contributed by atoms with van der Waals surface area (Å²) in [4.78, 5) is 11.8. The normalized spacial score (nSPS) is 11.0. The van der Waals surface area contributed by atoms with Gasteiger partial charge in [0.25, 0.3) is 5.91 Å². The molecule has 2 aromatic rings. The predicted octanol–water partition coefficient (Wildman–Crippen LogP) is 4.38. The number of hydrogen-bond donors (Lipinski definition) is 2. The minimum atomic E-state index is -0.321. The molecule has 0 heterocycles. The summed E-state index contributed by atoms with van der Waals surface area (Å²) in [7, 11) is 0. The third-order valence-corrected chi connectivity index (χ3v) is 4.68. The van der Waals surface area contributed by atoms with Gasteiger partial charge in [-0.2, -0.15) is 5.10 Å². The molecule has 26 heavy (non-hydrogen) atoms. The van der Waals surface area contributed by atoms with Crippen LogP contribution in [0, 0.1) is 13.0 Å². The van der Waals surface area contributed by atoms with E-state index in [1.165, 1.54) is 12.1 Å². The van der Waals surface area contributed by atoms with E-state index < -0.39 is 0 Å². The van der Waals surface area contributed by atoms with Crippen molar-refractivity contribution in [2.24, 2.45) is 5.10 Å². The second kappa shape index (κ2) is 10.0. The Morgan fingerprint density at radius 2 is 1.85 bits per heavy atom. The number of nitrogens with zero attached hydrogens (tertiary/aromatic N) is 1. The number of amides is 1. The summed E-state index contributed by atoms with van der Waals surface area (Å²) in [5.74, 6) is 0.235. The van der Waals surface area contributed by atoms with Gasteiger partial charge in [-0.15, -0.1) is 0 Å². The van der Waals surface area contributed by atoms with Crippen molar-refractivity contribution < 1.29 is 13.9 Å². The summed E-state index contributed by atoms with van der Waals surface area (Å²) in [5.41, 5.74) is 3.98. The summed E-state index contributed by atoms with van der Waals surface area (Å²) >= 11 is 4.43. The molecular weight excluding hydrogens is 563 g/mol. The number of halogens is 3. The van der Waals surface area contributed by atoms with Gasteiger partial charge in [-0.1, -0.05) is 0 Å². The Labute approximate surface area is 179 Å². The number of anilines is 1. The van der Waals surface area contributed by atoms with Crippen LogP contribution >= 0.6 is 45.2 Å². The van der Waals surface area contributed by atoms with Crippen LogP contribution in [-0.2, 0) is 4.79 Å². The maximum Gasteiger partial charge on any atom is 0.259 e. The average molecular weight is 581 g/mol. The highest BCUT2D eigenvalue weighted by Gasteiger charge is 2.10. The zero-order chi connectivity index (χ0) is 19.1. The molecule has 0 radical (unpaired) electrons. The van der Waals surface area contributed by atoms with Crippen LogP contribution in [0.5, 0.6) is 5.75 Å². The highest BCUT2D eigenvalue weighted by atomic mass is 127. The van der Waals surface area contributed by atoms with Crippen LogP contribution < -0.4 is 15.5 Å². The van der Waals surface area contributed by atoms with Gasteiger partial charge in [0, 0.05) is 5.69 Å². The molecule has 5 nitrogen and oxygen atoms in total. The Bertz CT molecular complexity index is 773. The van der Waals surface area contributed by atoms with E-state index in [9.17, 15) is 9.18 Å². The smallest absolute Gasteiger partial charge is 0.259 e. The SMILES string of the molecule is CC(C)Oc1c(I)cc(/C=N\NC(=O)CNc2ccc(F)cc2)cc1I. The first-order valence-corrected chi connectivity index (χ1v) is 9.98. The van der Waals surface area contributed by atoms with Crippen LogP contribution in [0.4, 0.5) is 10.1 Å². The van der Waals surface area contributed by atoms with Crippen molar-refractivity contribution in [1.29, 1.82) is 0 Å². The molecule has 0 aromatic heterocycles. The molecule has 0 atom stereocenters. The lowest BCUT2D eigenvalue weighted by Gasteiger charge is -2.14. The molecule has 0 unspecified atom stereocenters. The van der Waals surface area contributed by atoms with Gasteiger partial charge in [-0.25, -0.2) is 9.82 Å².